The average Bonchev–Trinajstić information content (AvgIpc) is 2.70. The fourth-order valence-corrected chi connectivity index (χ4v) is 2.98. The molecule has 27 heavy (non-hydrogen) atoms. The van der Waals surface area contributed by atoms with Crippen LogP contribution in [0.2, 0.25) is 0 Å². The maximum atomic E-state index is 14.1. The Hall–Kier alpha value is -3.25. The Kier molecular flexibility index (Phi) is 4.80. The fraction of sp³-hybridized carbons (Fsp3) is 0.143. The maximum absolute atomic E-state index is 14.1. The summed E-state index contributed by atoms with van der Waals surface area (Å²) in [4.78, 5) is 8.14. The highest BCUT2D eigenvalue weighted by atomic mass is 19.1. The van der Waals surface area contributed by atoms with Crippen LogP contribution < -0.4 is 10.1 Å². The molecule has 0 aliphatic heterocycles. The molecule has 3 aromatic carbocycles. The lowest BCUT2D eigenvalue weighted by Crippen LogP contribution is -2.26. The van der Waals surface area contributed by atoms with Gasteiger partial charge in [-0.1, -0.05) is 42.5 Å². The summed E-state index contributed by atoms with van der Waals surface area (Å²) in [7, 11) is 0. The van der Waals surface area contributed by atoms with Crippen molar-refractivity contribution in [2.45, 2.75) is 6.10 Å². The predicted octanol–water partition coefficient (Wildman–Crippen LogP) is 3.77. The minimum Gasteiger partial charge on any atom is -0.490 e. The van der Waals surface area contributed by atoms with Crippen LogP contribution in [-0.2, 0) is 0 Å². The van der Waals surface area contributed by atoms with Gasteiger partial charge in [0.2, 0.25) is 0 Å². The van der Waals surface area contributed by atoms with Crippen LogP contribution in [-0.4, -0.2) is 34.3 Å². The monoisotopic (exact) mass is 363 g/mol. The van der Waals surface area contributed by atoms with Gasteiger partial charge in [0.25, 0.3) is 0 Å². The van der Waals surface area contributed by atoms with Gasteiger partial charge in [0, 0.05) is 11.9 Å². The lowest BCUT2D eigenvalue weighted by Gasteiger charge is -2.15. The third-order valence-corrected chi connectivity index (χ3v) is 4.30. The van der Waals surface area contributed by atoms with Gasteiger partial charge in [0.05, 0.1) is 10.9 Å². The second-order valence-corrected chi connectivity index (χ2v) is 6.18. The van der Waals surface area contributed by atoms with Gasteiger partial charge in [-0.15, -0.1) is 0 Å². The number of nitrogens with one attached hydrogen (secondary N) is 1. The third-order valence-electron chi connectivity index (χ3n) is 4.30. The minimum absolute atomic E-state index is 0.104. The number of anilines is 1. The molecule has 0 saturated heterocycles. The molecule has 6 heteroatoms. The topological polar surface area (TPSA) is 67.3 Å². The van der Waals surface area contributed by atoms with Crippen LogP contribution in [0.3, 0.4) is 0 Å². The van der Waals surface area contributed by atoms with Crippen LogP contribution >= 0.6 is 0 Å². The molecular formula is C21H18FN3O2. The molecule has 0 saturated carbocycles. The van der Waals surface area contributed by atoms with Crippen molar-refractivity contribution in [1.29, 1.82) is 0 Å². The molecule has 0 aliphatic rings. The fourth-order valence-electron chi connectivity index (χ4n) is 2.98. The van der Waals surface area contributed by atoms with Crippen LogP contribution in [0, 0.1) is 5.82 Å². The van der Waals surface area contributed by atoms with E-state index in [1.54, 1.807) is 12.1 Å². The number of nitrogens with zero attached hydrogens (tertiary/aromatic N) is 2. The summed E-state index contributed by atoms with van der Waals surface area (Å²) in [6, 6.07) is 18.4. The van der Waals surface area contributed by atoms with Gasteiger partial charge in [-0.25, -0.2) is 14.4 Å². The summed E-state index contributed by atoms with van der Waals surface area (Å²) < 4.78 is 19.9. The zero-order chi connectivity index (χ0) is 18.6. The standard InChI is InChI=1S/C21H18FN3O2/c22-17-8-4-9-18-20(17)21(25-13-24-18)23-11-15(26)12-27-19-10-3-6-14-5-1-2-7-16(14)19/h1-10,13,15,26H,11-12H2,(H,23,24,25). The molecule has 1 aromatic heterocycles. The van der Waals surface area contributed by atoms with E-state index in [0.717, 1.165) is 10.8 Å². The highest BCUT2D eigenvalue weighted by molar-refractivity contribution is 5.89. The SMILES string of the molecule is OC(CNc1ncnc2cccc(F)c12)COc1cccc2ccccc12. The second kappa shape index (κ2) is 7.55. The van der Waals surface area contributed by atoms with Crippen molar-refractivity contribution >= 4 is 27.5 Å². The van der Waals surface area contributed by atoms with Crippen molar-refractivity contribution in [2.75, 3.05) is 18.5 Å². The number of aromatic nitrogens is 2. The number of rotatable bonds is 6. The van der Waals surface area contributed by atoms with Crippen molar-refractivity contribution in [1.82, 2.24) is 9.97 Å². The van der Waals surface area contributed by atoms with E-state index < -0.39 is 11.9 Å². The number of aliphatic hydroxyl groups excluding tert-OH is 1. The first-order chi connectivity index (χ1) is 13.2. The molecule has 2 N–H and O–H groups in total. The molecule has 136 valence electrons. The number of halogens is 1. The Balaban J connectivity index is 1.43. The molecule has 0 fully saturated rings. The molecule has 4 aromatic rings. The normalized spacial score (nSPS) is 12.2. The molecular weight excluding hydrogens is 345 g/mol. The predicted molar refractivity (Wildman–Crippen MR) is 103 cm³/mol. The van der Waals surface area contributed by atoms with Gasteiger partial charge in [0.1, 0.15) is 36.4 Å². The van der Waals surface area contributed by atoms with Gasteiger partial charge in [-0.3, -0.25) is 0 Å². The van der Waals surface area contributed by atoms with Gasteiger partial charge >= 0.3 is 0 Å². The molecule has 1 heterocycles. The minimum atomic E-state index is -0.791. The molecule has 0 bridgehead atoms. The first kappa shape index (κ1) is 17.2. The number of fused-ring (bicyclic) bond motifs is 2. The van der Waals surface area contributed by atoms with Crippen LogP contribution in [0.4, 0.5) is 10.2 Å². The molecule has 0 aliphatic carbocycles. The van der Waals surface area contributed by atoms with Crippen LogP contribution in [0.25, 0.3) is 21.7 Å². The quantitative estimate of drug-likeness (QED) is 0.546. The van der Waals surface area contributed by atoms with Crippen molar-refractivity contribution in [2.24, 2.45) is 0 Å². The average molecular weight is 363 g/mol. The lowest BCUT2D eigenvalue weighted by molar-refractivity contribution is 0.118. The number of aliphatic hydroxyl groups is 1. The Morgan fingerprint density at radius 3 is 2.74 bits per heavy atom. The van der Waals surface area contributed by atoms with E-state index in [-0.39, 0.29) is 13.2 Å². The molecule has 0 spiro atoms. The summed E-state index contributed by atoms with van der Waals surface area (Å²) in [5.41, 5.74) is 0.508. The third kappa shape index (κ3) is 3.66. The van der Waals surface area contributed by atoms with Crippen LogP contribution in [0.1, 0.15) is 0 Å². The van der Waals surface area contributed by atoms with Gasteiger partial charge < -0.3 is 15.2 Å². The lowest BCUT2D eigenvalue weighted by atomic mass is 10.1. The summed E-state index contributed by atoms with van der Waals surface area (Å²) >= 11 is 0. The highest BCUT2D eigenvalue weighted by Gasteiger charge is 2.11. The van der Waals surface area contributed by atoms with Gasteiger partial charge in [-0.05, 0) is 23.6 Å². The van der Waals surface area contributed by atoms with Gasteiger partial charge in [0.15, 0.2) is 0 Å². The molecule has 1 atom stereocenters. The summed E-state index contributed by atoms with van der Waals surface area (Å²) in [6.45, 7) is 0.276. The molecule has 0 radical (unpaired) electrons. The van der Waals surface area contributed by atoms with E-state index in [1.165, 1.54) is 12.4 Å². The largest absolute Gasteiger partial charge is 0.490 e. The van der Waals surface area contributed by atoms with E-state index in [1.807, 2.05) is 42.5 Å². The number of hydrogen-bond acceptors (Lipinski definition) is 5. The second-order valence-electron chi connectivity index (χ2n) is 6.18. The van der Waals surface area contributed by atoms with E-state index in [9.17, 15) is 9.50 Å². The molecule has 5 nitrogen and oxygen atoms in total. The zero-order valence-corrected chi connectivity index (χ0v) is 14.5. The number of benzene rings is 3. The first-order valence-corrected chi connectivity index (χ1v) is 8.64. The zero-order valence-electron chi connectivity index (χ0n) is 14.5. The van der Waals surface area contributed by atoms with Crippen LogP contribution in [0.5, 0.6) is 5.75 Å². The molecule has 0 amide bonds. The number of ether oxygens (including phenoxy) is 1. The molecule has 1 unspecified atom stereocenters. The van der Waals surface area contributed by atoms with Crippen LogP contribution in [0.15, 0.2) is 67.0 Å². The maximum Gasteiger partial charge on any atom is 0.140 e. The Morgan fingerprint density at radius 2 is 1.81 bits per heavy atom. The van der Waals surface area contributed by atoms with Crippen molar-refractivity contribution in [3.05, 3.63) is 72.8 Å². The highest BCUT2D eigenvalue weighted by Crippen LogP contribution is 2.25. The number of hydrogen-bond donors (Lipinski definition) is 2. The Bertz CT molecular complexity index is 1080. The van der Waals surface area contributed by atoms with E-state index in [2.05, 4.69) is 15.3 Å². The van der Waals surface area contributed by atoms with Crippen molar-refractivity contribution in [3.8, 4) is 5.75 Å². The van der Waals surface area contributed by atoms with Crippen molar-refractivity contribution < 1.29 is 14.2 Å². The van der Waals surface area contributed by atoms with E-state index in [4.69, 9.17) is 4.74 Å². The summed E-state index contributed by atoms with van der Waals surface area (Å²) in [6.07, 6.45) is 0.573. The summed E-state index contributed by atoms with van der Waals surface area (Å²) in [5.74, 6) is 0.657. The van der Waals surface area contributed by atoms with Crippen molar-refractivity contribution in [3.63, 3.8) is 0 Å². The first-order valence-electron chi connectivity index (χ1n) is 8.64. The van der Waals surface area contributed by atoms with E-state index in [0.29, 0.717) is 22.5 Å². The Labute approximate surface area is 155 Å². The van der Waals surface area contributed by atoms with E-state index >= 15 is 0 Å². The van der Waals surface area contributed by atoms with Gasteiger partial charge in [-0.2, -0.15) is 0 Å². The molecule has 4 rings (SSSR count). The summed E-state index contributed by atoms with van der Waals surface area (Å²) in [5, 5.41) is 15.6. The smallest absolute Gasteiger partial charge is 0.140 e. The Morgan fingerprint density at radius 1 is 1.00 bits per heavy atom.